The first-order valence-corrected chi connectivity index (χ1v) is 6.11. The molecule has 0 aromatic carbocycles. The lowest BCUT2D eigenvalue weighted by molar-refractivity contribution is 0.432. The van der Waals surface area contributed by atoms with Gasteiger partial charge in [0.25, 0.3) is 0 Å². The Morgan fingerprint density at radius 2 is 2.13 bits per heavy atom. The highest BCUT2D eigenvalue weighted by Crippen LogP contribution is 2.08. The number of unbranched alkanes of at least 4 members (excludes halogenated alkanes) is 1. The van der Waals surface area contributed by atoms with Gasteiger partial charge in [-0.25, -0.2) is 0 Å². The smallest absolute Gasteiger partial charge is 0.0947 e. The van der Waals surface area contributed by atoms with Gasteiger partial charge in [-0.15, -0.1) is 0 Å². The lowest BCUT2D eigenvalue weighted by Gasteiger charge is -2.17. The van der Waals surface area contributed by atoms with Crippen LogP contribution in [-0.2, 0) is 6.54 Å². The van der Waals surface area contributed by atoms with Gasteiger partial charge in [-0.2, -0.15) is 0 Å². The summed E-state index contributed by atoms with van der Waals surface area (Å²) in [6, 6.07) is 2.69. The van der Waals surface area contributed by atoms with E-state index in [9.17, 15) is 0 Å². The van der Waals surface area contributed by atoms with Crippen molar-refractivity contribution in [3.8, 4) is 0 Å². The maximum atomic E-state index is 5.05. The van der Waals surface area contributed by atoms with Gasteiger partial charge < -0.3 is 9.73 Å². The molecule has 0 radical (unpaired) electrons. The summed E-state index contributed by atoms with van der Waals surface area (Å²) in [5.74, 6) is 0. The summed E-state index contributed by atoms with van der Waals surface area (Å²) in [7, 11) is 0. The van der Waals surface area contributed by atoms with Crippen LogP contribution in [-0.4, -0.2) is 6.04 Å². The second-order valence-electron chi connectivity index (χ2n) is 4.14. The number of hydrogen-bond acceptors (Lipinski definition) is 2. The highest BCUT2D eigenvalue weighted by molar-refractivity contribution is 5.04. The topological polar surface area (TPSA) is 25.2 Å². The minimum absolute atomic E-state index is 0.671. The van der Waals surface area contributed by atoms with Gasteiger partial charge in [0.2, 0.25) is 0 Å². The quantitative estimate of drug-likeness (QED) is 0.705. The summed E-state index contributed by atoms with van der Waals surface area (Å²) in [4.78, 5) is 0. The second-order valence-corrected chi connectivity index (χ2v) is 4.14. The molecule has 0 fully saturated rings. The van der Waals surface area contributed by atoms with Crippen molar-refractivity contribution < 1.29 is 4.42 Å². The fraction of sp³-hybridized carbons (Fsp3) is 0.692. The van der Waals surface area contributed by atoms with Crippen molar-refractivity contribution in [3.63, 3.8) is 0 Å². The predicted octanol–water partition coefficient (Wildman–Crippen LogP) is 3.73. The molecule has 1 N–H and O–H groups in total. The monoisotopic (exact) mass is 209 g/mol. The molecule has 0 aliphatic carbocycles. The van der Waals surface area contributed by atoms with Gasteiger partial charge in [0.05, 0.1) is 12.5 Å². The van der Waals surface area contributed by atoms with Crippen LogP contribution in [0.4, 0.5) is 0 Å². The zero-order chi connectivity index (χ0) is 10.9. The van der Waals surface area contributed by atoms with E-state index >= 15 is 0 Å². The van der Waals surface area contributed by atoms with Gasteiger partial charge >= 0.3 is 0 Å². The lowest BCUT2D eigenvalue weighted by Crippen LogP contribution is -2.28. The average molecular weight is 209 g/mol. The Hall–Kier alpha value is -0.760. The molecule has 0 bridgehead atoms. The molecule has 2 nitrogen and oxygen atoms in total. The third kappa shape index (κ3) is 5.03. The van der Waals surface area contributed by atoms with Crippen LogP contribution >= 0.6 is 0 Å². The summed E-state index contributed by atoms with van der Waals surface area (Å²) in [5, 5.41) is 3.60. The Bertz CT molecular complexity index is 231. The van der Waals surface area contributed by atoms with Crippen molar-refractivity contribution in [3.05, 3.63) is 24.2 Å². The van der Waals surface area contributed by atoms with E-state index in [0.29, 0.717) is 6.04 Å². The van der Waals surface area contributed by atoms with E-state index < -0.39 is 0 Å². The number of nitrogens with one attached hydrogen (secondary N) is 1. The normalized spacial score (nSPS) is 12.9. The Morgan fingerprint density at radius 3 is 2.73 bits per heavy atom. The lowest BCUT2D eigenvalue weighted by atomic mass is 10.1. The Morgan fingerprint density at radius 1 is 1.27 bits per heavy atom. The largest absolute Gasteiger partial charge is 0.472 e. The van der Waals surface area contributed by atoms with Gasteiger partial charge in [-0.05, 0) is 18.9 Å². The Balaban J connectivity index is 2.24. The van der Waals surface area contributed by atoms with E-state index in [-0.39, 0.29) is 0 Å². The highest BCUT2D eigenvalue weighted by Gasteiger charge is 2.06. The Labute approximate surface area is 93.1 Å². The minimum atomic E-state index is 0.671. The first-order chi connectivity index (χ1) is 7.36. The Kier molecular flexibility index (Phi) is 6.17. The maximum Gasteiger partial charge on any atom is 0.0947 e. The van der Waals surface area contributed by atoms with Gasteiger partial charge in [0, 0.05) is 18.2 Å². The van der Waals surface area contributed by atoms with Gasteiger partial charge in [0.1, 0.15) is 0 Å². The van der Waals surface area contributed by atoms with Crippen LogP contribution in [0, 0.1) is 0 Å². The zero-order valence-electron chi connectivity index (χ0n) is 9.96. The first-order valence-electron chi connectivity index (χ1n) is 6.11. The van der Waals surface area contributed by atoms with Crippen molar-refractivity contribution in [1.29, 1.82) is 0 Å². The molecule has 15 heavy (non-hydrogen) atoms. The van der Waals surface area contributed by atoms with Crippen molar-refractivity contribution in [2.45, 2.75) is 58.5 Å². The van der Waals surface area contributed by atoms with Crippen LogP contribution in [0.25, 0.3) is 0 Å². The molecule has 2 heteroatoms. The number of furan rings is 1. The third-order valence-corrected chi connectivity index (χ3v) is 2.72. The van der Waals surface area contributed by atoms with Crippen molar-refractivity contribution >= 4 is 0 Å². The van der Waals surface area contributed by atoms with Crippen LogP contribution in [0.3, 0.4) is 0 Å². The van der Waals surface area contributed by atoms with E-state index in [4.69, 9.17) is 4.42 Å². The molecule has 1 rings (SSSR count). The van der Waals surface area contributed by atoms with E-state index in [0.717, 1.165) is 6.54 Å². The van der Waals surface area contributed by atoms with Crippen LogP contribution in [0.2, 0.25) is 0 Å². The zero-order valence-corrected chi connectivity index (χ0v) is 9.96. The van der Waals surface area contributed by atoms with Crippen molar-refractivity contribution in [2.75, 3.05) is 0 Å². The summed E-state index contributed by atoms with van der Waals surface area (Å²) in [6.07, 6.45) is 9.98. The highest BCUT2D eigenvalue weighted by atomic mass is 16.3. The molecule has 1 atom stereocenters. The average Bonchev–Trinajstić information content (AvgIpc) is 2.75. The van der Waals surface area contributed by atoms with Crippen LogP contribution in [0.1, 0.15) is 51.5 Å². The van der Waals surface area contributed by atoms with Crippen LogP contribution < -0.4 is 5.32 Å². The molecule has 1 unspecified atom stereocenters. The van der Waals surface area contributed by atoms with Gasteiger partial charge in [-0.3, -0.25) is 0 Å². The van der Waals surface area contributed by atoms with Crippen LogP contribution in [0.15, 0.2) is 23.0 Å². The first kappa shape index (κ1) is 12.3. The molecular formula is C13H23NO. The molecule has 1 aromatic heterocycles. The number of rotatable bonds is 8. The molecule has 0 amide bonds. The van der Waals surface area contributed by atoms with E-state index in [1.807, 2.05) is 12.3 Å². The molecule has 0 saturated carbocycles. The second kappa shape index (κ2) is 7.52. The molecule has 0 saturated heterocycles. The molecular weight excluding hydrogens is 186 g/mol. The molecule has 1 heterocycles. The van der Waals surface area contributed by atoms with E-state index in [1.54, 1.807) is 6.26 Å². The third-order valence-electron chi connectivity index (χ3n) is 2.72. The molecule has 0 aliphatic heterocycles. The fourth-order valence-electron chi connectivity index (χ4n) is 1.80. The predicted molar refractivity (Wildman–Crippen MR) is 63.8 cm³/mol. The minimum Gasteiger partial charge on any atom is -0.472 e. The molecule has 0 aliphatic rings. The van der Waals surface area contributed by atoms with Crippen molar-refractivity contribution in [1.82, 2.24) is 5.32 Å². The summed E-state index contributed by atoms with van der Waals surface area (Å²) in [6.45, 7) is 5.43. The molecule has 1 aromatic rings. The van der Waals surface area contributed by atoms with Gasteiger partial charge in [-0.1, -0.05) is 33.1 Å². The van der Waals surface area contributed by atoms with E-state index in [2.05, 4.69) is 19.2 Å². The standard InChI is InChI=1S/C13H23NO/c1-3-5-7-13(6-4-2)14-10-12-8-9-15-11-12/h8-9,11,13-14H,3-7,10H2,1-2H3. The fourth-order valence-corrected chi connectivity index (χ4v) is 1.80. The number of hydrogen-bond donors (Lipinski definition) is 1. The SMILES string of the molecule is CCCCC(CCC)NCc1ccoc1. The van der Waals surface area contributed by atoms with Gasteiger partial charge in [0.15, 0.2) is 0 Å². The summed E-state index contributed by atoms with van der Waals surface area (Å²) in [5.41, 5.74) is 1.24. The summed E-state index contributed by atoms with van der Waals surface area (Å²) < 4.78 is 5.05. The van der Waals surface area contributed by atoms with Crippen molar-refractivity contribution in [2.24, 2.45) is 0 Å². The molecule has 0 spiro atoms. The van der Waals surface area contributed by atoms with E-state index in [1.165, 1.54) is 37.7 Å². The summed E-state index contributed by atoms with van der Waals surface area (Å²) >= 11 is 0. The molecule has 86 valence electrons. The maximum absolute atomic E-state index is 5.05. The van der Waals surface area contributed by atoms with Crippen LogP contribution in [0.5, 0.6) is 0 Å².